The fraction of sp³-hybridized carbons (Fsp3) is 0.286. The molecular formula is C14H15N5OS. The Morgan fingerprint density at radius 2 is 2.00 bits per heavy atom. The number of carbonyl (C=O) groups is 1. The maximum absolute atomic E-state index is 12.0. The van der Waals surface area contributed by atoms with Crippen molar-refractivity contribution in [3.63, 3.8) is 0 Å². The number of hydrogen-bond acceptors (Lipinski definition) is 5. The van der Waals surface area contributed by atoms with E-state index >= 15 is 0 Å². The third kappa shape index (κ3) is 2.92. The molecule has 0 saturated carbocycles. The van der Waals surface area contributed by atoms with Crippen molar-refractivity contribution in [2.24, 2.45) is 0 Å². The van der Waals surface area contributed by atoms with Gasteiger partial charge in [-0.05, 0) is 26.0 Å². The Balaban J connectivity index is 1.58. The summed E-state index contributed by atoms with van der Waals surface area (Å²) in [5.74, 6) is 0.713. The Morgan fingerprint density at radius 3 is 2.71 bits per heavy atom. The van der Waals surface area contributed by atoms with Crippen molar-refractivity contribution in [2.75, 3.05) is 6.54 Å². The second-order valence-electron chi connectivity index (χ2n) is 4.81. The van der Waals surface area contributed by atoms with E-state index in [2.05, 4.69) is 20.6 Å². The van der Waals surface area contributed by atoms with Crippen LogP contribution in [-0.4, -0.2) is 32.3 Å². The molecule has 3 aromatic rings. The molecule has 0 radical (unpaired) electrons. The standard InChI is InChI=1S/C14H15N5OS/c1-9-3-5-11(6-4-9)13(20)15-8-7-12-18-19-10(2)16-17-14(19)21-12/h3-6H,7-8H2,1-2H3,(H,15,20). The molecule has 0 unspecified atom stereocenters. The molecule has 1 aromatic carbocycles. The van der Waals surface area contributed by atoms with Gasteiger partial charge in [0.15, 0.2) is 5.82 Å². The smallest absolute Gasteiger partial charge is 0.251 e. The Kier molecular flexibility index (Phi) is 3.66. The van der Waals surface area contributed by atoms with Crippen LogP contribution >= 0.6 is 11.3 Å². The number of carbonyl (C=O) groups excluding carboxylic acids is 1. The lowest BCUT2D eigenvalue weighted by molar-refractivity contribution is 0.0954. The Hall–Kier alpha value is -2.28. The first-order chi connectivity index (χ1) is 10.1. The third-order valence-corrected chi connectivity index (χ3v) is 4.09. The van der Waals surface area contributed by atoms with Crippen LogP contribution in [0, 0.1) is 13.8 Å². The fourth-order valence-corrected chi connectivity index (χ4v) is 2.82. The number of fused-ring (bicyclic) bond motifs is 1. The monoisotopic (exact) mass is 301 g/mol. The Morgan fingerprint density at radius 1 is 1.24 bits per heavy atom. The highest BCUT2D eigenvalue weighted by atomic mass is 32.1. The van der Waals surface area contributed by atoms with Gasteiger partial charge in [0.05, 0.1) is 0 Å². The van der Waals surface area contributed by atoms with Crippen LogP contribution in [0.25, 0.3) is 4.96 Å². The van der Waals surface area contributed by atoms with Crippen LogP contribution in [0.1, 0.15) is 26.8 Å². The number of hydrogen-bond donors (Lipinski definition) is 1. The number of aryl methyl sites for hydroxylation is 2. The predicted octanol–water partition coefficient (Wildman–Crippen LogP) is 1.78. The molecule has 0 bridgehead atoms. The van der Waals surface area contributed by atoms with Crippen molar-refractivity contribution in [2.45, 2.75) is 20.3 Å². The van der Waals surface area contributed by atoms with Crippen LogP contribution in [0.3, 0.4) is 0 Å². The van der Waals surface area contributed by atoms with Gasteiger partial charge in [0, 0.05) is 18.5 Å². The third-order valence-electron chi connectivity index (χ3n) is 3.13. The van der Waals surface area contributed by atoms with Gasteiger partial charge in [-0.1, -0.05) is 29.0 Å². The highest BCUT2D eigenvalue weighted by Crippen LogP contribution is 2.13. The summed E-state index contributed by atoms with van der Waals surface area (Å²) in [4.78, 5) is 12.8. The molecule has 21 heavy (non-hydrogen) atoms. The van der Waals surface area contributed by atoms with Gasteiger partial charge in [0.2, 0.25) is 4.96 Å². The molecule has 0 aliphatic carbocycles. The minimum Gasteiger partial charge on any atom is -0.352 e. The van der Waals surface area contributed by atoms with Gasteiger partial charge in [0.1, 0.15) is 5.01 Å². The summed E-state index contributed by atoms with van der Waals surface area (Å²) in [7, 11) is 0. The first-order valence-electron chi connectivity index (χ1n) is 6.66. The molecule has 0 atom stereocenters. The van der Waals surface area contributed by atoms with Crippen LogP contribution in [0.4, 0.5) is 0 Å². The van der Waals surface area contributed by atoms with E-state index in [0.717, 1.165) is 21.4 Å². The zero-order valence-electron chi connectivity index (χ0n) is 11.8. The number of benzene rings is 1. The van der Waals surface area contributed by atoms with Crippen molar-refractivity contribution < 1.29 is 4.79 Å². The predicted molar refractivity (Wildman–Crippen MR) is 80.6 cm³/mol. The molecule has 0 spiro atoms. The van der Waals surface area contributed by atoms with E-state index in [1.54, 1.807) is 4.52 Å². The first-order valence-corrected chi connectivity index (χ1v) is 7.48. The van der Waals surface area contributed by atoms with Crippen molar-refractivity contribution in [3.05, 3.63) is 46.2 Å². The fourth-order valence-electron chi connectivity index (χ4n) is 1.95. The maximum Gasteiger partial charge on any atom is 0.251 e. The minimum absolute atomic E-state index is 0.0609. The summed E-state index contributed by atoms with van der Waals surface area (Å²) in [6.07, 6.45) is 0.686. The van der Waals surface area contributed by atoms with Gasteiger partial charge in [-0.3, -0.25) is 4.79 Å². The van der Waals surface area contributed by atoms with Crippen LogP contribution in [0.15, 0.2) is 24.3 Å². The quantitative estimate of drug-likeness (QED) is 0.797. The number of nitrogens with one attached hydrogen (secondary N) is 1. The van der Waals surface area contributed by atoms with Gasteiger partial charge in [-0.15, -0.1) is 10.2 Å². The van der Waals surface area contributed by atoms with E-state index in [1.807, 2.05) is 38.1 Å². The second kappa shape index (κ2) is 5.61. The lowest BCUT2D eigenvalue weighted by Gasteiger charge is -2.04. The zero-order valence-corrected chi connectivity index (χ0v) is 12.6. The van der Waals surface area contributed by atoms with Crippen molar-refractivity contribution in [1.29, 1.82) is 0 Å². The van der Waals surface area contributed by atoms with Crippen LogP contribution in [0.5, 0.6) is 0 Å². The van der Waals surface area contributed by atoms with E-state index in [0.29, 0.717) is 18.5 Å². The number of nitrogens with zero attached hydrogens (tertiary/aromatic N) is 4. The molecule has 7 heteroatoms. The van der Waals surface area contributed by atoms with E-state index in [4.69, 9.17) is 0 Å². The highest BCUT2D eigenvalue weighted by molar-refractivity contribution is 7.16. The molecule has 1 N–H and O–H groups in total. The number of rotatable bonds is 4. The maximum atomic E-state index is 12.0. The Labute approximate surface area is 125 Å². The van der Waals surface area contributed by atoms with Gasteiger partial charge in [-0.25, -0.2) is 0 Å². The van der Waals surface area contributed by atoms with Crippen LogP contribution in [0.2, 0.25) is 0 Å². The largest absolute Gasteiger partial charge is 0.352 e. The van der Waals surface area contributed by atoms with E-state index in [1.165, 1.54) is 11.3 Å². The van der Waals surface area contributed by atoms with Crippen LogP contribution < -0.4 is 5.32 Å². The van der Waals surface area contributed by atoms with Crippen molar-refractivity contribution >= 4 is 22.2 Å². The average Bonchev–Trinajstić information content (AvgIpc) is 3.02. The molecule has 108 valence electrons. The summed E-state index contributed by atoms with van der Waals surface area (Å²) in [6, 6.07) is 7.52. The lowest BCUT2D eigenvalue weighted by Crippen LogP contribution is -2.25. The highest BCUT2D eigenvalue weighted by Gasteiger charge is 2.09. The molecule has 1 amide bonds. The number of amides is 1. The molecule has 6 nitrogen and oxygen atoms in total. The molecule has 0 fully saturated rings. The second-order valence-corrected chi connectivity index (χ2v) is 5.85. The van der Waals surface area contributed by atoms with Crippen LogP contribution in [-0.2, 0) is 6.42 Å². The molecule has 0 aliphatic heterocycles. The lowest BCUT2D eigenvalue weighted by atomic mass is 10.1. The summed E-state index contributed by atoms with van der Waals surface area (Å²) in [6.45, 7) is 4.41. The SMILES string of the molecule is Cc1ccc(C(=O)NCCc2nn3c(C)nnc3s2)cc1. The minimum atomic E-state index is -0.0609. The molecular weight excluding hydrogens is 286 g/mol. The van der Waals surface area contributed by atoms with Gasteiger partial charge in [0.25, 0.3) is 5.91 Å². The average molecular weight is 301 g/mol. The molecule has 2 aromatic heterocycles. The van der Waals surface area contributed by atoms with E-state index in [9.17, 15) is 4.79 Å². The zero-order chi connectivity index (χ0) is 14.8. The molecule has 0 aliphatic rings. The topological polar surface area (TPSA) is 72.2 Å². The molecule has 2 heterocycles. The van der Waals surface area contributed by atoms with Crippen molar-refractivity contribution in [1.82, 2.24) is 25.1 Å². The summed E-state index contributed by atoms with van der Waals surface area (Å²) in [5.41, 5.74) is 1.82. The van der Waals surface area contributed by atoms with Gasteiger partial charge >= 0.3 is 0 Å². The van der Waals surface area contributed by atoms with E-state index in [-0.39, 0.29) is 5.91 Å². The first kappa shape index (κ1) is 13.7. The summed E-state index contributed by atoms with van der Waals surface area (Å²) in [5, 5.41) is 16.2. The molecule has 0 saturated heterocycles. The number of aromatic nitrogens is 4. The summed E-state index contributed by atoms with van der Waals surface area (Å²) >= 11 is 1.49. The van der Waals surface area contributed by atoms with E-state index < -0.39 is 0 Å². The summed E-state index contributed by atoms with van der Waals surface area (Å²) < 4.78 is 1.72. The molecule has 3 rings (SSSR count). The Bertz CT molecular complexity index is 774. The van der Waals surface area contributed by atoms with Crippen molar-refractivity contribution in [3.8, 4) is 0 Å². The van der Waals surface area contributed by atoms with Gasteiger partial charge in [-0.2, -0.15) is 9.61 Å². The van der Waals surface area contributed by atoms with Gasteiger partial charge < -0.3 is 5.32 Å². The normalized spacial score (nSPS) is 11.0.